The second kappa shape index (κ2) is 6.15. The number of nitrogens with two attached hydrogens (primary N) is 1. The van der Waals surface area contributed by atoms with Crippen LogP contribution in [-0.4, -0.2) is 14.8 Å². The quantitative estimate of drug-likeness (QED) is 0.882. The molecule has 1 aromatic carbocycles. The molecule has 20 heavy (non-hydrogen) atoms. The number of rotatable bonds is 4. The van der Waals surface area contributed by atoms with Gasteiger partial charge in [0.15, 0.2) is 0 Å². The van der Waals surface area contributed by atoms with Crippen molar-refractivity contribution in [2.24, 2.45) is 5.73 Å². The lowest BCUT2D eigenvalue weighted by Gasteiger charge is -2.09. The third-order valence-corrected chi connectivity index (χ3v) is 3.29. The molecule has 4 nitrogen and oxygen atoms in total. The predicted octanol–water partition coefficient (Wildman–Crippen LogP) is 2.61. The average molecular weight is 308 g/mol. The van der Waals surface area contributed by atoms with Gasteiger partial charge in [0, 0.05) is 17.1 Å². The summed E-state index contributed by atoms with van der Waals surface area (Å²) in [6.07, 6.45) is 0.799. The predicted molar refractivity (Wildman–Crippen MR) is 85.1 cm³/mol. The number of aromatic nitrogens is 2. The summed E-state index contributed by atoms with van der Waals surface area (Å²) in [5, 5.41) is 4.99. The number of hydrogen-bond acceptors (Lipinski definition) is 3. The molecule has 0 aliphatic heterocycles. The maximum Gasteiger partial charge on any atom is 0.277 e. The third kappa shape index (κ3) is 3.05. The molecular formula is C14H14ClN3OS. The van der Waals surface area contributed by atoms with Crippen LogP contribution < -0.4 is 11.3 Å². The minimum Gasteiger partial charge on any atom is -0.389 e. The van der Waals surface area contributed by atoms with E-state index in [4.69, 9.17) is 29.6 Å². The Balaban J connectivity index is 2.61. The molecule has 1 heterocycles. The summed E-state index contributed by atoms with van der Waals surface area (Å²) in [5.41, 5.74) is 7.19. The van der Waals surface area contributed by atoms with Crippen molar-refractivity contribution in [3.8, 4) is 11.3 Å². The van der Waals surface area contributed by atoms with Crippen LogP contribution in [-0.2, 0) is 6.54 Å². The van der Waals surface area contributed by atoms with Crippen molar-refractivity contribution in [2.45, 2.75) is 19.9 Å². The summed E-state index contributed by atoms with van der Waals surface area (Å²) in [7, 11) is 0. The summed E-state index contributed by atoms with van der Waals surface area (Å²) in [4.78, 5) is 12.2. The van der Waals surface area contributed by atoms with Crippen molar-refractivity contribution in [1.29, 1.82) is 0 Å². The van der Waals surface area contributed by atoms with Crippen molar-refractivity contribution < 1.29 is 0 Å². The van der Waals surface area contributed by atoms with Crippen LogP contribution in [0, 0.1) is 0 Å². The SMILES string of the molecule is CCCn1nc(-c2ccc(Cl)cc2)cc(C(N)=S)c1=O. The lowest BCUT2D eigenvalue weighted by Crippen LogP contribution is -2.31. The lowest BCUT2D eigenvalue weighted by molar-refractivity contribution is 0.570. The molecule has 2 aromatic rings. The monoisotopic (exact) mass is 307 g/mol. The highest BCUT2D eigenvalue weighted by Crippen LogP contribution is 2.19. The highest BCUT2D eigenvalue weighted by atomic mass is 35.5. The highest BCUT2D eigenvalue weighted by molar-refractivity contribution is 7.80. The second-order valence-corrected chi connectivity index (χ2v) is 5.22. The van der Waals surface area contributed by atoms with Crippen LogP contribution in [0.5, 0.6) is 0 Å². The minimum atomic E-state index is -0.253. The Bertz CT molecular complexity index is 695. The molecule has 0 aliphatic rings. The Hall–Kier alpha value is -1.72. The Morgan fingerprint density at radius 1 is 1.40 bits per heavy atom. The third-order valence-electron chi connectivity index (χ3n) is 2.82. The molecule has 6 heteroatoms. The van der Waals surface area contributed by atoms with E-state index >= 15 is 0 Å². The van der Waals surface area contributed by atoms with Gasteiger partial charge in [-0.05, 0) is 24.6 Å². The fourth-order valence-electron chi connectivity index (χ4n) is 1.84. The standard InChI is InChI=1S/C14H14ClN3OS/c1-2-7-18-14(19)11(13(16)20)8-12(17-18)9-3-5-10(15)6-4-9/h3-6,8H,2,7H2,1H3,(H2,16,20). The molecule has 2 N–H and O–H groups in total. The number of thiocarbonyl (C=S) groups is 1. The maximum atomic E-state index is 12.1. The molecule has 1 aromatic heterocycles. The molecule has 0 spiro atoms. The first kappa shape index (κ1) is 14.7. The average Bonchev–Trinajstić information content (AvgIpc) is 2.42. The molecular weight excluding hydrogens is 294 g/mol. The smallest absolute Gasteiger partial charge is 0.277 e. The van der Waals surface area contributed by atoms with E-state index in [2.05, 4.69) is 5.10 Å². The fourth-order valence-corrected chi connectivity index (χ4v) is 2.12. The van der Waals surface area contributed by atoms with E-state index in [0.29, 0.717) is 22.8 Å². The summed E-state index contributed by atoms with van der Waals surface area (Å²) >= 11 is 10.8. The molecule has 2 rings (SSSR count). The number of nitrogens with zero attached hydrogens (tertiary/aromatic N) is 2. The first-order valence-corrected chi connectivity index (χ1v) is 6.99. The molecule has 0 unspecified atom stereocenters. The van der Waals surface area contributed by atoms with Gasteiger partial charge in [0.05, 0.1) is 11.3 Å². The van der Waals surface area contributed by atoms with Gasteiger partial charge < -0.3 is 5.73 Å². The summed E-state index contributed by atoms with van der Waals surface area (Å²) in [5.74, 6) is 0. The van der Waals surface area contributed by atoms with Crippen molar-refractivity contribution in [3.05, 3.63) is 51.3 Å². The molecule has 0 radical (unpaired) electrons. The van der Waals surface area contributed by atoms with E-state index < -0.39 is 0 Å². The lowest BCUT2D eigenvalue weighted by atomic mass is 10.1. The molecule has 0 amide bonds. The van der Waals surface area contributed by atoms with Crippen LogP contribution in [0.2, 0.25) is 5.02 Å². The van der Waals surface area contributed by atoms with Crippen LogP contribution in [0.3, 0.4) is 0 Å². The van der Waals surface area contributed by atoms with E-state index in [9.17, 15) is 4.79 Å². The maximum absolute atomic E-state index is 12.1. The first-order chi connectivity index (χ1) is 9.52. The van der Waals surface area contributed by atoms with E-state index in [1.807, 2.05) is 19.1 Å². The highest BCUT2D eigenvalue weighted by Gasteiger charge is 2.11. The van der Waals surface area contributed by atoms with E-state index in [-0.39, 0.29) is 10.5 Å². The number of aryl methyl sites for hydroxylation is 1. The zero-order valence-electron chi connectivity index (χ0n) is 11.0. The van der Waals surface area contributed by atoms with Crippen LogP contribution in [0.15, 0.2) is 35.1 Å². The molecule has 0 aliphatic carbocycles. The zero-order valence-corrected chi connectivity index (χ0v) is 12.5. The Morgan fingerprint density at radius 2 is 2.05 bits per heavy atom. The number of hydrogen-bond donors (Lipinski definition) is 1. The molecule has 0 atom stereocenters. The Labute approximate surface area is 127 Å². The van der Waals surface area contributed by atoms with E-state index in [1.165, 1.54) is 4.68 Å². The van der Waals surface area contributed by atoms with Crippen LogP contribution in [0.4, 0.5) is 0 Å². The van der Waals surface area contributed by atoms with Crippen molar-refractivity contribution in [1.82, 2.24) is 9.78 Å². The normalized spacial score (nSPS) is 10.5. The summed E-state index contributed by atoms with van der Waals surface area (Å²) in [6, 6.07) is 8.85. The number of halogens is 1. The van der Waals surface area contributed by atoms with Gasteiger partial charge in [-0.25, -0.2) is 4.68 Å². The van der Waals surface area contributed by atoms with Gasteiger partial charge in [0.2, 0.25) is 0 Å². The fraction of sp³-hybridized carbons (Fsp3) is 0.214. The Morgan fingerprint density at radius 3 is 2.60 bits per heavy atom. The van der Waals surface area contributed by atoms with Crippen molar-refractivity contribution in [3.63, 3.8) is 0 Å². The van der Waals surface area contributed by atoms with Crippen molar-refractivity contribution >= 4 is 28.8 Å². The molecule has 0 fully saturated rings. The second-order valence-electron chi connectivity index (χ2n) is 4.34. The van der Waals surface area contributed by atoms with Crippen LogP contribution >= 0.6 is 23.8 Å². The van der Waals surface area contributed by atoms with Gasteiger partial charge in [-0.15, -0.1) is 0 Å². The largest absolute Gasteiger partial charge is 0.389 e. The van der Waals surface area contributed by atoms with Crippen molar-refractivity contribution in [2.75, 3.05) is 0 Å². The van der Waals surface area contributed by atoms with Gasteiger partial charge >= 0.3 is 0 Å². The van der Waals surface area contributed by atoms with Gasteiger partial charge in [0.25, 0.3) is 5.56 Å². The topological polar surface area (TPSA) is 60.9 Å². The van der Waals surface area contributed by atoms with E-state index in [1.54, 1.807) is 18.2 Å². The molecule has 0 saturated heterocycles. The number of benzene rings is 1. The Kier molecular flexibility index (Phi) is 4.52. The van der Waals surface area contributed by atoms with Gasteiger partial charge in [-0.1, -0.05) is 42.9 Å². The molecule has 0 saturated carbocycles. The van der Waals surface area contributed by atoms with Gasteiger partial charge in [-0.3, -0.25) is 4.79 Å². The summed E-state index contributed by atoms with van der Waals surface area (Å²) in [6.45, 7) is 2.50. The first-order valence-electron chi connectivity index (χ1n) is 6.21. The van der Waals surface area contributed by atoms with E-state index in [0.717, 1.165) is 12.0 Å². The van der Waals surface area contributed by atoms with Crippen LogP contribution in [0.1, 0.15) is 18.9 Å². The van der Waals surface area contributed by atoms with Crippen LogP contribution in [0.25, 0.3) is 11.3 Å². The molecule has 0 bridgehead atoms. The molecule has 104 valence electrons. The summed E-state index contributed by atoms with van der Waals surface area (Å²) < 4.78 is 1.40. The zero-order chi connectivity index (χ0) is 14.7. The van der Waals surface area contributed by atoms with Gasteiger partial charge in [0.1, 0.15) is 4.99 Å². The minimum absolute atomic E-state index is 0.0810. The van der Waals surface area contributed by atoms with Gasteiger partial charge in [-0.2, -0.15) is 5.10 Å².